The van der Waals surface area contributed by atoms with Gasteiger partial charge in [-0.2, -0.15) is 26.3 Å². The molecule has 1 amide bonds. The average molecular weight is 519 g/mol. The quantitative estimate of drug-likeness (QED) is 0.423. The number of carbonyl (C=O) groups is 1. The average Bonchev–Trinajstić information content (AvgIpc) is 2.83. The highest BCUT2D eigenvalue weighted by atomic mass is 19.4. The zero-order chi connectivity index (χ0) is 26.9. The van der Waals surface area contributed by atoms with Crippen molar-refractivity contribution in [3.8, 4) is 0 Å². The van der Waals surface area contributed by atoms with Crippen LogP contribution in [0.1, 0.15) is 61.0 Å². The molecule has 3 unspecified atom stereocenters. The summed E-state index contributed by atoms with van der Waals surface area (Å²) < 4.78 is 79.7. The van der Waals surface area contributed by atoms with E-state index >= 15 is 0 Å². The normalized spacial score (nSPS) is 19.2. The lowest BCUT2D eigenvalue weighted by atomic mass is 9.88. The molecule has 1 heterocycles. The van der Waals surface area contributed by atoms with Crippen LogP contribution in [0.3, 0.4) is 0 Å². The molecule has 3 atom stereocenters. The number of primary amides is 1. The van der Waals surface area contributed by atoms with Gasteiger partial charge in [0, 0.05) is 19.6 Å². The number of alkyl halides is 6. The maximum Gasteiger partial charge on any atom is 0.416 e. The molecule has 2 aromatic carbocycles. The Labute approximate surface area is 207 Å². The van der Waals surface area contributed by atoms with Crippen LogP contribution in [0.25, 0.3) is 0 Å². The summed E-state index contributed by atoms with van der Waals surface area (Å²) in [6.45, 7) is 2.39. The molecule has 1 aliphatic rings. The van der Waals surface area contributed by atoms with E-state index in [2.05, 4.69) is 35.6 Å². The number of piperidine rings is 1. The Balaban J connectivity index is 0.000000254. The Morgan fingerprint density at radius 1 is 1.03 bits per heavy atom. The van der Waals surface area contributed by atoms with Crippen molar-refractivity contribution in [1.82, 2.24) is 5.32 Å². The van der Waals surface area contributed by atoms with Gasteiger partial charge in [-0.3, -0.25) is 4.79 Å². The van der Waals surface area contributed by atoms with Crippen molar-refractivity contribution in [2.24, 2.45) is 11.7 Å². The Morgan fingerprint density at radius 2 is 1.61 bits per heavy atom. The molecule has 3 rings (SSSR count). The van der Waals surface area contributed by atoms with Gasteiger partial charge in [-0.15, -0.1) is 0 Å². The molecule has 1 fully saturated rings. The van der Waals surface area contributed by atoms with Crippen LogP contribution in [-0.2, 0) is 28.3 Å². The van der Waals surface area contributed by atoms with Crippen molar-refractivity contribution in [1.29, 1.82) is 0 Å². The van der Waals surface area contributed by atoms with Crippen molar-refractivity contribution < 1.29 is 35.9 Å². The minimum Gasteiger partial charge on any atom is -0.377 e. The molecule has 3 N–H and O–H groups in total. The van der Waals surface area contributed by atoms with E-state index in [0.29, 0.717) is 30.5 Å². The van der Waals surface area contributed by atoms with Crippen LogP contribution in [0.4, 0.5) is 26.3 Å². The first-order valence-corrected chi connectivity index (χ1v) is 11.7. The zero-order valence-electron chi connectivity index (χ0n) is 20.3. The summed E-state index contributed by atoms with van der Waals surface area (Å²) >= 11 is 0. The molecule has 1 aliphatic heterocycles. The third kappa shape index (κ3) is 9.81. The van der Waals surface area contributed by atoms with Crippen molar-refractivity contribution in [3.63, 3.8) is 0 Å². The smallest absolute Gasteiger partial charge is 0.377 e. The third-order valence-corrected chi connectivity index (χ3v) is 6.18. The highest BCUT2D eigenvalue weighted by Crippen LogP contribution is 2.37. The molecule has 200 valence electrons. The van der Waals surface area contributed by atoms with Crippen LogP contribution >= 0.6 is 0 Å². The molecule has 4 nitrogen and oxygen atoms in total. The fourth-order valence-electron chi connectivity index (χ4n) is 3.99. The first-order valence-electron chi connectivity index (χ1n) is 11.7. The Hall–Kier alpha value is -2.59. The number of benzene rings is 2. The molecule has 0 spiro atoms. The lowest BCUT2D eigenvalue weighted by Crippen LogP contribution is -2.40. The molecule has 1 saturated heterocycles. The van der Waals surface area contributed by atoms with E-state index in [4.69, 9.17) is 10.5 Å². The van der Waals surface area contributed by atoms with Crippen LogP contribution in [0.5, 0.6) is 0 Å². The molecular formula is C26H32F6N2O2. The summed E-state index contributed by atoms with van der Waals surface area (Å²) in [5.74, 6) is 0.436. The second kappa shape index (κ2) is 13.1. The van der Waals surface area contributed by atoms with Gasteiger partial charge in [0.25, 0.3) is 0 Å². The first kappa shape index (κ1) is 29.6. The molecule has 36 heavy (non-hydrogen) atoms. The highest BCUT2D eigenvalue weighted by Gasteiger charge is 2.37. The molecule has 0 aliphatic carbocycles. The van der Waals surface area contributed by atoms with Crippen LogP contribution < -0.4 is 11.1 Å². The molecule has 0 bridgehead atoms. The summed E-state index contributed by atoms with van der Waals surface area (Å²) in [4.78, 5) is 10.7. The molecule has 0 saturated carbocycles. The van der Waals surface area contributed by atoms with Gasteiger partial charge in [-0.25, -0.2) is 0 Å². The first-order chi connectivity index (χ1) is 16.8. The number of carbonyl (C=O) groups excluding carboxylic acids is 1. The zero-order valence-corrected chi connectivity index (χ0v) is 20.3. The molecule has 0 aromatic heterocycles. The Kier molecular flexibility index (Phi) is 10.8. The fourth-order valence-corrected chi connectivity index (χ4v) is 3.99. The number of ether oxygens (including phenoxy) is 1. The number of methoxy groups -OCH3 is 1. The Bertz CT molecular complexity index is 923. The second-order valence-electron chi connectivity index (χ2n) is 8.96. The minimum absolute atomic E-state index is 0.0892. The molecule has 0 radical (unpaired) electrons. The standard InChI is InChI=1S/C15H22N2O.C11H10F6O/c16-15(18)9-7-13-6-8-14(17-11-13)10-12-4-2-1-3-5-12;1-6(18-2)7-3-8(10(12,13)14)5-9(4-7)11(15,16)17/h1-5,13-14,17H,6-11H2,(H2,16,18);3-6H,1-2H3. The predicted octanol–water partition coefficient (Wildman–Crippen LogP) is 6.29. The number of hydrogen-bond donors (Lipinski definition) is 2. The SMILES string of the molecule is COC(C)c1cc(C(F)(F)F)cc(C(F)(F)F)c1.NC(=O)CCC1CCC(Cc2ccccc2)NC1. The van der Waals surface area contributed by atoms with E-state index in [1.807, 2.05) is 0 Å². The van der Waals surface area contributed by atoms with Gasteiger partial charge in [0.05, 0.1) is 17.2 Å². The molecule has 2 aromatic rings. The largest absolute Gasteiger partial charge is 0.416 e. The number of nitrogens with two attached hydrogens (primary N) is 1. The monoisotopic (exact) mass is 518 g/mol. The lowest BCUT2D eigenvalue weighted by molar-refractivity contribution is -0.143. The van der Waals surface area contributed by atoms with Gasteiger partial charge in [0.15, 0.2) is 0 Å². The van der Waals surface area contributed by atoms with E-state index in [-0.39, 0.29) is 17.5 Å². The fraction of sp³-hybridized carbons (Fsp3) is 0.500. The van der Waals surface area contributed by atoms with Gasteiger partial charge in [-0.1, -0.05) is 30.3 Å². The summed E-state index contributed by atoms with van der Waals surface area (Å²) in [6, 6.07) is 12.6. The highest BCUT2D eigenvalue weighted by molar-refractivity contribution is 5.73. The number of amides is 1. The van der Waals surface area contributed by atoms with E-state index in [1.165, 1.54) is 32.4 Å². The topological polar surface area (TPSA) is 64.3 Å². The van der Waals surface area contributed by atoms with Crippen LogP contribution in [-0.4, -0.2) is 25.6 Å². The van der Waals surface area contributed by atoms with Crippen molar-refractivity contribution in [2.75, 3.05) is 13.7 Å². The number of hydrogen-bond acceptors (Lipinski definition) is 3. The van der Waals surface area contributed by atoms with Gasteiger partial charge in [0.1, 0.15) is 0 Å². The summed E-state index contributed by atoms with van der Waals surface area (Å²) in [7, 11) is 1.21. The van der Waals surface area contributed by atoms with Gasteiger partial charge >= 0.3 is 12.4 Å². The van der Waals surface area contributed by atoms with E-state index in [0.717, 1.165) is 19.4 Å². The number of nitrogens with one attached hydrogen (secondary N) is 1. The van der Waals surface area contributed by atoms with Crippen molar-refractivity contribution in [2.45, 2.75) is 63.5 Å². The van der Waals surface area contributed by atoms with Crippen molar-refractivity contribution >= 4 is 5.91 Å². The minimum atomic E-state index is -4.83. The van der Waals surface area contributed by atoms with Crippen LogP contribution in [0, 0.1) is 5.92 Å². The van der Waals surface area contributed by atoms with E-state index in [9.17, 15) is 31.1 Å². The number of halogens is 6. The molecular weight excluding hydrogens is 486 g/mol. The van der Waals surface area contributed by atoms with Gasteiger partial charge in [-0.05, 0) is 74.4 Å². The van der Waals surface area contributed by atoms with Crippen molar-refractivity contribution in [3.05, 3.63) is 70.8 Å². The summed E-state index contributed by atoms with van der Waals surface area (Å²) in [5.41, 5.74) is 3.73. The predicted molar refractivity (Wildman–Crippen MR) is 125 cm³/mol. The van der Waals surface area contributed by atoms with E-state index < -0.39 is 29.6 Å². The second-order valence-corrected chi connectivity index (χ2v) is 8.96. The third-order valence-electron chi connectivity index (χ3n) is 6.18. The molecule has 10 heteroatoms. The lowest BCUT2D eigenvalue weighted by Gasteiger charge is -2.29. The number of rotatable bonds is 7. The van der Waals surface area contributed by atoms with E-state index in [1.54, 1.807) is 0 Å². The summed E-state index contributed by atoms with van der Waals surface area (Å²) in [6.07, 6.45) is -5.56. The van der Waals surface area contributed by atoms with Crippen LogP contribution in [0.15, 0.2) is 48.5 Å². The van der Waals surface area contributed by atoms with Gasteiger partial charge < -0.3 is 15.8 Å². The maximum absolute atomic E-state index is 12.5. The summed E-state index contributed by atoms with van der Waals surface area (Å²) in [5, 5.41) is 3.59. The van der Waals surface area contributed by atoms with Crippen LogP contribution in [0.2, 0.25) is 0 Å². The Morgan fingerprint density at radius 3 is 2.06 bits per heavy atom. The van der Waals surface area contributed by atoms with Gasteiger partial charge in [0.2, 0.25) is 5.91 Å². The maximum atomic E-state index is 12.5.